The Kier molecular flexibility index (Phi) is 6.51. The highest BCUT2D eigenvalue weighted by atomic mass is 32.2. The van der Waals surface area contributed by atoms with E-state index in [4.69, 9.17) is 5.73 Å². The van der Waals surface area contributed by atoms with E-state index in [0.29, 0.717) is 11.4 Å². The zero-order valence-electron chi connectivity index (χ0n) is 18.1. The fourth-order valence-corrected chi connectivity index (χ4v) is 4.64. The van der Waals surface area contributed by atoms with Crippen LogP contribution in [-0.2, 0) is 20.2 Å². The van der Waals surface area contributed by atoms with E-state index in [0.717, 1.165) is 12.1 Å². The van der Waals surface area contributed by atoms with Crippen LogP contribution in [0, 0.1) is 0 Å². The average Bonchev–Trinajstić information content (AvgIpc) is 2.82. The number of phenols is 1. The maximum Gasteiger partial charge on any atom is 0.296 e. The molecule has 0 aliphatic heterocycles. The van der Waals surface area contributed by atoms with Gasteiger partial charge in [0.25, 0.3) is 20.2 Å². The molecule has 0 radical (unpaired) electrons. The predicted octanol–water partition coefficient (Wildman–Crippen LogP) is 5.45. The summed E-state index contributed by atoms with van der Waals surface area (Å²) >= 11 is 0. The van der Waals surface area contributed by atoms with Crippen molar-refractivity contribution in [2.45, 2.75) is 9.79 Å². The SMILES string of the molecule is Nc1c(/N=N/c2ccccc2)c(S(=O)(=O)O)cc2cc(S(=O)(=O)O)c(/N=N/c3ccccc3)c(O)c12. The molecule has 14 heteroatoms. The number of anilines is 1. The molecule has 0 unspecified atom stereocenters. The molecule has 4 rings (SSSR count). The summed E-state index contributed by atoms with van der Waals surface area (Å²) in [5.41, 5.74) is 5.19. The van der Waals surface area contributed by atoms with Gasteiger partial charge in [0.15, 0.2) is 5.75 Å². The third-order valence-electron chi connectivity index (χ3n) is 4.91. The second-order valence-electron chi connectivity index (χ2n) is 7.33. The summed E-state index contributed by atoms with van der Waals surface area (Å²) in [6, 6.07) is 18.0. The first-order valence-corrected chi connectivity index (χ1v) is 12.9. The largest absolute Gasteiger partial charge is 0.505 e. The van der Waals surface area contributed by atoms with Gasteiger partial charge >= 0.3 is 0 Å². The van der Waals surface area contributed by atoms with Crippen LogP contribution < -0.4 is 5.73 Å². The van der Waals surface area contributed by atoms with Crippen LogP contribution >= 0.6 is 0 Å². The molecule has 12 nitrogen and oxygen atoms in total. The van der Waals surface area contributed by atoms with Gasteiger partial charge in [-0.2, -0.15) is 27.1 Å². The lowest BCUT2D eigenvalue weighted by Crippen LogP contribution is -2.03. The van der Waals surface area contributed by atoms with Crippen molar-refractivity contribution in [1.82, 2.24) is 0 Å². The molecule has 0 saturated carbocycles. The third kappa shape index (κ3) is 5.06. The molecule has 0 spiro atoms. The molecule has 0 atom stereocenters. The molecule has 0 heterocycles. The molecule has 0 saturated heterocycles. The Morgan fingerprint density at radius 2 is 1.06 bits per heavy atom. The van der Waals surface area contributed by atoms with Crippen LogP contribution in [0.25, 0.3) is 10.8 Å². The monoisotopic (exact) mass is 527 g/mol. The molecule has 184 valence electrons. The highest BCUT2D eigenvalue weighted by molar-refractivity contribution is 7.86. The Morgan fingerprint density at radius 1 is 0.639 bits per heavy atom. The molecule has 0 bridgehead atoms. The molecule has 4 aromatic carbocycles. The second kappa shape index (κ2) is 9.43. The summed E-state index contributed by atoms with van der Waals surface area (Å²) in [5.74, 6) is -0.824. The molecule has 0 aliphatic carbocycles. The number of benzene rings is 4. The third-order valence-corrected chi connectivity index (χ3v) is 6.65. The zero-order chi connectivity index (χ0) is 26.1. The van der Waals surface area contributed by atoms with Gasteiger partial charge in [0.05, 0.1) is 22.4 Å². The average molecular weight is 528 g/mol. The zero-order valence-corrected chi connectivity index (χ0v) is 19.7. The summed E-state index contributed by atoms with van der Waals surface area (Å²) in [7, 11) is -9.92. The fourth-order valence-electron chi connectivity index (χ4n) is 3.31. The second-order valence-corrected chi connectivity index (χ2v) is 10.1. The normalized spacial score (nSPS) is 12.6. The van der Waals surface area contributed by atoms with E-state index in [1.807, 2.05) is 0 Å². The molecular weight excluding hydrogens is 510 g/mol. The number of nitrogens with zero attached hydrogens (tertiary/aromatic N) is 4. The van der Waals surface area contributed by atoms with Crippen LogP contribution in [0.15, 0.2) is 103 Å². The maximum absolute atomic E-state index is 12.1. The first-order chi connectivity index (χ1) is 17.0. The van der Waals surface area contributed by atoms with E-state index in [1.54, 1.807) is 60.7 Å². The molecule has 36 heavy (non-hydrogen) atoms. The topological polar surface area (TPSA) is 204 Å². The van der Waals surface area contributed by atoms with Crippen molar-refractivity contribution < 1.29 is 31.0 Å². The highest BCUT2D eigenvalue weighted by Crippen LogP contribution is 2.48. The van der Waals surface area contributed by atoms with Gasteiger partial charge in [0.1, 0.15) is 21.2 Å². The molecule has 0 fully saturated rings. The number of aromatic hydroxyl groups is 1. The van der Waals surface area contributed by atoms with Gasteiger partial charge in [-0.25, -0.2) is 0 Å². The molecule has 0 amide bonds. The summed E-state index contributed by atoms with van der Waals surface area (Å²) in [4.78, 5) is -1.67. The van der Waals surface area contributed by atoms with E-state index < -0.39 is 52.8 Å². The minimum atomic E-state index is -4.98. The fraction of sp³-hybridized carbons (Fsp3) is 0. The van der Waals surface area contributed by atoms with E-state index in [9.17, 15) is 31.0 Å². The van der Waals surface area contributed by atoms with Crippen molar-refractivity contribution in [1.29, 1.82) is 0 Å². The van der Waals surface area contributed by atoms with E-state index in [1.165, 1.54) is 0 Å². The van der Waals surface area contributed by atoms with Gasteiger partial charge in [-0.1, -0.05) is 36.4 Å². The van der Waals surface area contributed by atoms with E-state index in [2.05, 4.69) is 20.5 Å². The van der Waals surface area contributed by atoms with Crippen LogP contribution in [-0.4, -0.2) is 31.0 Å². The van der Waals surface area contributed by atoms with Crippen LogP contribution in [0.2, 0.25) is 0 Å². The van der Waals surface area contributed by atoms with Crippen molar-refractivity contribution in [3.8, 4) is 5.75 Å². The number of azo groups is 2. The number of phenolic OH excluding ortho intramolecular Hbond substituents is 1. The summed E-state index contributed by atoms with van der Waals surface area (Å²) in [5, 5.41) is 25.9. The van der Waals surface area contributed by atoms with Crippen LogP contribution in [0.5, 0.6) is 5.75 Å². The van der Waals surface area contributed by atoms with Gasteiger partial charge < -0.3 is 10.8 Å². The molecular formula is C22H17N5O7S2. The van der Waals surface area contributed by atoms with E-state index in [-0.39, 0.29) is 10.8 Å². The number of hydrogen-bond acceptors (Lipinski definition) is 10. The van der Waals surface area contributed by atoms with Gasteiger partial charge in [-0.3, -0.25) is 9.11 Å². The number of hydrogen-bond donors (Lipinski definition) is 4. The highest BCUT2D eigenvalue weighted by Gasteiger charge is 2.27. The maximum atomic E-state index is 12.1. The van der Waals surface area contributed by atoms with Crippen LogP contribution in [0.3, 0.4) is 0 Å². The number of nitrogens with two attached hydrogens (primary N) is 1. The molecule has 5 N–H and O–H groups in total. The summed E-state index contributed by atoms with van der Waals surface area (Å²) in [6.07, 6.45) is 0. The van der Waals surface area contributed by atoms with Crippen molar-refractivity contribution in [2.75, 3.05) is 5.73 Å². The Morgan fingerprint density at radius 3 is 1.50 bits per heavy atom. The summed E-state index contributed by atoms with van der Waals surface area (Å²) in [6.45, 7) is 0. The Bertz CT molecular complexity index is 1610. The van der Waals surface area contributed by atoms with Crippen molar-refractivity contribution in [3.05, 3.63) is 72.8 Å². The molecule has 0 aromatic heterocycles. The van der Waals surface area contributed by atoms with Crippen molar-refractivity contribution >= 4 is 59.4 Å². The Balaban J connectivity index is 2.04. The Labute approximate surface area is 205 Å². The predicted molar refractivity (Wildman–Crippen MR) is 131 cm³/mol. The number of rotatable bonds is 6. The first kappa shape index (κ1) is 24.9. The minimum absolute atomic E-state index is 0.248. The van der Waals surface area contributed by atoms with Crippen LogP contribution in [0.4, 0.5) is 28.4 Å². The van der Waals surface area contributed by atoms with Crippen molar-refractivity contribution in [3.63, 3.8) is 0 Å². The van der Waals surface area contributed by atoms with Gasteiger partial charge in [-0.15, -0.1) is 10.2 Å². The Hall–Kier alpha value is -4.24. The van der Waals surface area contributed by atoms with Gasteiger partial charge in [0, 0.05) is 0 Å². The minimum Gasteiger partial charge on any atom is -0.505 e. The summed E-state index contributed by atoms with van der Waals surface area (Å²) < 4.78 is 67.8. The van der Waals surface area contributed by atoms with Crippen molar-refractivity contribution in [2.24, 2.45) is 20.5 Å². The first-order valence-electron chi connectivity index (χ1n) is 9.97. The lowest BCUT2D eigenvalue weighted by molar-refractivity contribution is 0.472. The lowest BCUT2D eigenvalue weighted by Gasteiger charge is -2.14. The number of nitrogen functional groups attached to an aromatic ring is 1. The van der Waals surface area contributed by atoms with E-state index >= 15 is 0 Å². The standard InChI is InChI=1S/C22H17N5O7S2/c23-19-18-13(11-16(35(29,30)31)20(19)26-24-14-7-3-1-4-8-14)12-17(36(32,33)34)21(22(18)28)27-25-15-9-5-2-6-10-15/h1-12,28H,23H2,(H,29,30,31)(H,32,33,34)/b26-24+,27-25+. The van der Waals surface area contributed by atoms with Gasteiger partial charge in [-0.05, 0) is 41.8 Å². The number of fused-ring (bicyclic) bond motifs is 1. The lowest BCUT2D eigenvalue weighted by atomic mass is 10.1. The molecule has 0 aliphatic rings. The van der Waals surface area contributed by atoms with Crippen LogP contribution in [0.1, 0.15) is 0 Å². The smallest absolute Gasteiger partial charge is 0.296 e. The van der Waals surface area contributed by atoms with Gasteiger partial charge in [0.2, 0.25) is 0 Å². The quantitative estimate of drug-likeness (QED) is 0.144. The molecule has 4 aromatic rings.